The summed E-state index contributed by atoms with van der Waals surface area (Å²) in [6.45, 7) is 6.16. The molecule has 4 aromatic rings. The molecule has 0 fully saturated rings. The Kier molecular flexibility index (Phi) is 4.31. The number of fused-ring (bicyclic) bond motifs is 1. The van der Waals surface area contributed by atoms with Crippen molar-refractivity contribution in [3.8, 4) is 11.4 Å². The van der Waals surface area contributed by atoms with Gasteiger partial charge in [-0.2, -0.15) is 0 Å². The highest BCUT2D eigenvalue weighted by Gasteiger charge is 2.18. The van der Waals surface area contributed by atoms with Gasteiger partial charge in [0.2, 0.25) is 0 Å². The highest BCUT2D eigenvalue weighted by molar-refractivity contribution is 6.29. The zero-order valence-corrected chi connectivity index (χ0v) is 15.8. The number of pyridine rings is 2. The van der Waals surface area contributed by atoms with Gasteiger partial charge in [0.1, 0.15) is 28.1 Å². The van der Waals surface area contributed by atoms with Crippen molar-refractivity contribution in [3.63, 3.8) is 0 Å². The van der Waals surface area contributed by atoms with Crippen molar-refractivity contribution in [1.82, 2.24) is 29.5 Å². The van der Waals surface area contributed by atoms with E-state index in [9.17, 15) is 4.39 Å². The van der Waals surface area contributed by atoms with E-state index in [-0.39, 0.29) is 0 Å². The summed E-state index contributed by atoms with van der Waals surface area (Å²) in [6.07, 6.45) is 4.49. The molecule has 4 rings (SSSR count). The molecule has 0 saturated heterocycles. The minimum absolute atomic E-state index is 0.422. The molecule has 136 valence electrons. The number of hydrogen-bond acceptors (Lipinski definition) is 5. The van der Waals surface area contributed by atoms with Crippen molar-refractivity contribution in [2.24, 2.45) is 0 Å². The highest BCUT2D eigenvalue weighted by Crippen LogP contribution is 2.27. The lowest BCUT2D eigenvalue weighted by molar-refractivity contribution is 0.621. The Hall–Kier alpha value is -2.93. The van der Waals surface area contributed by atoms with Crippen molar-refractivity contribution in [2.75, 3.05) is 0 Å². The molecule has 0 aromatic carbocycles. The van der Waals surface area contributed by atoms with Crippen LogP contribution in [0.3, 0.4) is 0 Å². The molecule has 0 bridgehead atoms. The van der Waals surface area contributed by atoms with E-state index >= 15 is 0 Å². The molecular formula is C19H16ClFN6. The number of nitrogens with zero attached hydrogens (tertiary/aromatic N) is 6. The molecular weight excluding hydrogens is 367 g/mol. The van der Waals surface area contributed by atoms with Gasteiger partial charge in [-0.25, -0.2) is 24.3 Å². The maximum Gasteiger partial charge on any atom is 0.164 e. The Morgan fingerprint density at radius 3 is 2.59 bits per heavy atom. The lowest BCUT2D eigenvalue weighted by Crippen LogP contribution is -2.06. The summed E-state index contributed by atoms with van der Waals surface area (Å²) in [7, 11) is 0. The number of imidazole rings is 1. The summed E-state index contributed by atoms with van der Waals surface area (Å²) >= 11 is 5.98. The molecule has 6 nitrogen and oxygen atoms in total. The van der Waals surface area contributed by atoms with E-state index < -0.39 is 5.82 Å². The van der Waals surface area contributed by atoms with Crippen LogP contribution in [0.5, 0.6) is 0 Å². The van der Waals surface area contributed by atoms with Crippen LogP contribution in [0.2, 0.25) is 5.15 Å². The second-order valence-electron chi connectivity index (χ2n) is 6.38. The average Bonchev–Trinajstić information content (AvgIpc) is 2.96. The third-order valence-electron chi connectivity index (χ3n) is 4.36. The fourth-order valence-electron chi connectivity index (χ4n) is 3.06. The van der Waals surface area contributed by atoms with Gasteiger partial charge in [0, 0.05) is 18.0 Å². The molecule has 27 heavy (non-hydrogen) atoms. The minimum atomic E-state index is -0.422. The van der Waals surface area contributed by atoms with Gasteiger partial charge in [0.05, 0.1) is 18.4 Å². The summed E-state index contributed by atoms with van der Waals surface area (Å²) in [5.74, 6) is 0.805. The lowest BCUT2D eigenvalue weighted by atomic mass is 10.1. The summed E-state index contributed by atoms with van der Waals surface area (Å²) < 4.78 is 15.7. The van der Waals surface area contributed by atoms with Crippen LogP contribution in [0.1, 0.15) is 22.6 Å². The standard InChI is InChI=1S/C19H16ClFN6/c1-10-4-16(20)23-7-14(10)9-27-18(13-5-15(21)8-22-6-13)26-17-11(2)24-12(3)25-19(17)27/h4-8H,9H2,1-3H3. The molecule has 0 radical (unpaired) electrons. The van der Waals surface area contributed by atoms with Crippen LogP contribution in [0.15, 0.2) is 30.7 Å². The molecule has 0 aliphatic rings. The summed E-state index contributed by atoms with van der Waals surface area (Å²) in [4.78, 5) is 21.8. The normalized spacial score (nSPS) is 11.3. The van der Waals surface area contributed by atoms with E-state index in [0.717, 1.165) is 16.8 Å². The van der Waals surface area contributed by atoms with Crippen LogP contribution in [0, 0.1) is 26.6 Å². The van der Waals surface area contributed by atoms with Crippen molar-refractivity contribution in [1.29, 1.82) is 0 Å². The van der Waals surface area contributed by atoms with Gasteiger partial charge in [-0.3, -0.25) is 4.98 Å². The van der Waals surface area contributed by atoms with Crippen molar-refractivity contribution in [2.45, 2.75) is 27.3 Å². The summed E-state index contributed by atoms with van der Waals surface area (Å²) in [6, 6.07) is 3.22. The van der Waals surface area contributed by atoms with Crippen molar-refractivity contribution < 1.29 is 4.39 Å². The average molecular weight is 383 g/mol. The van der Waals surface area contributed by atoms with E-state index in [1.165, 1.54) is 12.3 Å². The molecule has 4 aromatic heterocycles. The van der Waals surface area contributed by atoms with E-state index in [4.69, 9.17) is 16.6 Å². The smallest absolute Gasteiger partial charge is 0.164 e. The Bertz CT molecular complexity index is 1170. The fourth-order valence-corrected chi connectivity index (χ4v) is 3.28. The van der Waals surface area contributed by atoms with Gasteiger partial charge in [-0.15, -0.1) is 0 Å². The molecule has 0 unspecified atom stereocenters. The first-order chi connectivity index (χ1) is 12.9. The predicted octanol–water partition coefficient (Wildman–Crippen LogP) is 4.05. The number of halogens is 2. The summed E-state index contributed by atoms with van der Waals surface area (Å²) in [5, 5.41) is 0.440. The van der Waals surface area contributed by atoms with Crippen molar-refractivity contribution in [3.05, 3.63) is 64.3 Å². The van der Waals surface area contributed by atoms with Gasteiger partial charge in [-0.1, -0.05) is 11.6 Å². The van der Waals surface area contributed by atoms with Gasteiger partial charge in [0.15, 0.2) is 5.65 Å². The van der Waals surface area contributed by atoms with Gasteiger partial charge in [-0.05, 0) is 44.0 Å². The monoisotopic (exact) mass is 382 g/mol. The van der Waals surface area contributed by atoms with E-state index in [0.29, 0.717) is 40.1 Å². The minimum Gasteiger partial charge on any atom is -0.304 e. The zero-order valence-electron chi connectivity index (χ0n) is 15.0. The first kappa shape index (κ1) is 17.5. The SMILES string of the molecule is Cc1nc(C)c2nc(-c3cncc(F)c3)n(Cc3cnc(Cl)cc3C)c2n1. The molecule has 0 atom stereocenters. The molecule has 8 heteroatoms. The quantitative estimate of drug-likeness (QED) is 0.500. The Labute approximate surface area is 160 Å². The molecule has 0 N–H and O–H groups in total. The van der Waals surface area contributed by atoms with E-state index in [1.54, 1.807) is 12.4 Å². The van der Waals surface area contributed by atoms with Crippen LogP contribution in [-0.2, 0) is 6.54 Å². The molecule has 0 spiro atoms. The fraction of sp³-hybridized carbons (Fsp3) is 0.211. The number of rotatable bonds is 3. The maximum absolute atomic E-state index is 13.8. The van der Waals surface area contributed by atoms with Crippen LogP contribution in [-0.4, -0.2) is 29.5 Å². The molecule has 0 aliphatic carbocycles. The Morgan fingerprint density at radius 2 is 1.85 bits per heavy atom. The summed E-state index contributed by atoms with van der Waals surface area (Å²) in [5.41, 5.74) is 4.69. The molecule has 0 saturated carbocycles. The molecule has 0 aliphatic heterocycles. The van der Waals surface area contributed by atoms with Crippen LogP contribution >= 0.6 is 11.6 Å². The highest BCUT2D eigenvalue weighted by atomic mass is 35.5. The Balaban J connectivity index is 1.97. The van der Waals surface area contributed by atoms with E-state index in [2.05, 4.69) is 19.9 Å². The number of hydrogen-bond donors (Lipinski definition) is 0. The maximum atomic E-state index is 13.8. The van der Waals surface area contributed by atoms with Crippen LogP contribution < -0.4 is 0 Å². The molecule has 0 amide bonds. The zero-order chi connectivity index (χ0) is 19.1. The van der Waals surface area contributed by atoms with Crippen LogP contribution in [0.25, 0.3) is 22.6 Å². The van der Waals surface area contributed by atoms with Gasteiger partial charge in [0.25, 0.3) is 0 Å². The van der Waals surface area contributed by atoms with E-state index in [1.807, 2.05) is 31.4 Å². The van der Waals surface area contributed by atoms with Crippen molar-refractivity contribution >= 4 is 22.8 Å². The first-order valence-electron chi connectivity index (χ1n) is 8.36. The second kappa shape index (κ2) is 6.66. The van der Waals surface area contributed by atoms with Gasteiger partial charge < -0.3 is 4.57 Å². The largest absolute Gasteiger partial charge is 0.304 e. The van der Waals surface area contributed by atoms with Crippen LogP contribution in [0.4, 0.5) is 4.39 Å². The number of aromatic nitrogens is 6. The second-order valence-corrected chi connectivity index (χ2v) is 6.76. The Morgan fingerprint density at radius 1 is 1.04 bits per heavy atom. The first-order valence-corrected chi connectivity index (χ1v) is 8.73. The predicted molar refractivity (Wildman–Crippen MR) is 101 cm³/mol. The lowest BCUT2D eigenvalue weighted by Gasteiger charge is -2.11. The topological polar surface area (TPSA) is 69.4 Å². The number of aryl methyl sites for hydroxylation is 3. The van der Waals surface area contributed by atoms with Gasteiger partial charge >= 0.3 is 0 Å². The molecule has 4 heterocycles. The third kappa shape index (κ3) is 3.26. The third-order valence-corrected chi connectivity index (χ3v) is 4.56.